The standard InChI is InChI=1S/C24H27N5O2/c1-14-7-5-10-20(15(14)2)28-12-11-19-21(23(28)30)22(17-8-6-9-18(13-17)31-4)29-24(26-19)25-16(3)27-29/h6,8-9,11-15,20H,5,7,10H2,1-4H3/t14-,15+,20+/m0/s1. The highest BCUT2D eigenvalue weighted by molar-refractivity contribution is 5.93. The first-order valence-corrected chi connectivity index (χ1v) is 10.9. The lowest BCUT2D eigenvalue weighted by molar-refractivity contribution is 0.183. The van der Waals surface area contributed by atoms with Crippen LogP contribution in [0, 0.1) is 18.8 Å². The summed E-state index contributed by atoms with van der Waals surface area (Å²) >= 11 is 0. The van der Waals surface area contributed by atoms with E-state index in [9.17, 15) is 4.79 Å². The van der Waals surface area contributed by atoms with E-state index in [0.717, 1.165) is 24.2 Å². The fourth-order valence-electron chi connectivity index (χ4n) is 4.94. The van der Waals surface area contributed by atoms with Crippen LogP contribution < -0.4 is 10.3 Å². The Kier molecular flexibility index (Phi) is 4.76. The smallest absolute Gasteiger partial charge is 0.262 e. The third-order valence-electron chi connectivity index (χ3n) is 6.83. The van der Waals surface area contributed by atoms with Crippen molar-refractivity contribution in [2.24, 2.45) is 11.8 Å². The molecule has 1 fully saturated rings. The fraction of sp³-hybridized carbons (Fsp3) is 0.417. The second kappa shape index (κ2) is 7.48. The van der Waals surface area contributed by atoms with Crippen molar-refractivity contribution in [3.8, 4) is 17.0 Å². The molecule has 7 nitrogen and oxygen atoms in total. The molecule has 0 bridgehead atoms. The van der Waals surface area contributed by atoms with Crippen LogP contribution in [0.15, 0.2) is 41.3 Å². The molecule has 160 valence electrons. The van der Waals surface area contributed by atoms with Gasteiger partial charge in [0.15, 0.2) is 0 Å². The number of ether oxygens (including phenoxy) is 1. The summed E-state index contributed by atoms with van der Waals surface area (Å²) in [6.07, 6.45) is 5.29. The van der Waals surface area contributed by atoms with Gasteiger partial charge >= 0.3 is 0 Å². The summed E-state index contributed by atoms with van der Waals surface area (Å²) in [5, 5.41) is 5.13. The van der Waals surface area contributed by atoms with Gasteiger partial charge in [-0.15, -0.1) is 5.10 Å². The van der Waals surface area contributed by atoms with Crippen LogP contribution in [0.1, 0.15) is 45.0 Å². The molecule has 1 saturated carbocycles. The van der Waals surface area contributed by atoms with E-state index in [4.69, 9.17) is 4.74 Å². The molecule has 0 N–H and O–H groups in total. The molecule has 0 radical (unpaired) electrons. The molecule has 7 heteroatoms. The minimum Gasteiger partial charge on any atom is -0.497 e. The lowest BCUT2D eigenvalue weighted by Gasteiger charge is -2.35. The zero-order chi connectivity index (χ0) is 21.7. The van der Waals surface area contributed by atoms with Gasteiger partial charge in [0.1, 0.15) is 11.6 Å². The Morgan fingerprint density at radius 2 is 1.97 bits per heavy atom. The molecule has 1 aliphatic carbocycles. The van der Waals surface area contributed by atoms with Crippen molar-refractivity contribution in [3.63, 3.8) is 0 Å². The molecule has 3 aromatic heterocycles. The molecule has 0 unspecified atom stereocenters. The van der Waals surface area contributed by atoms with Crippen LogP contribution >= 0.6 is 0 Å². The van der Waals surface area contributed by atoms with Gasteiger partial charge in [-0.2, -0.15) is 9.50 Å². The molecule has 0 aliphatic heterocycles. The van der Waals surface area contributed by atoms with Gasteiger partial charge in [-0.3, -0.25) is 4.79 Å². The van der Waals surface area contributed by atoms with Crippen LogP contribution in [0.2, 0.25) is 0 Å². The Labute approximate surface area is 180 Å². The van der Waals surface area contributed by atoms with Crippen LogP contribution in [0.4, 0.5) is 0 Å². The van der Waals surface area contributed by atoms with Crippen LogP contribution in [-0.2, 0) is 0 Å². The average molecular weight is 418 g/mol. The van der Waals surface area contributed by atoms with Crippen LogP contribution in [-0.4, -0.2) is 31.3 Å². The second-order valence-electron chi connectivity index (χ2n) is 8.69. The predicted molar refractivity (Wildman–Crippen MR) is 120 cm³/mol. The van der Waals surface area contributed by atoms with E-state index in [1.165, 1.54) is 6.42 Å². The molecule has 0 saturated heterocycles. The molecule has 4 aromatic rings. The first-order valence-electron chi connectivity index (χ1n) is 10.9. The van der Waals surface area contributed by atoms with E-state index in [0.29, 0.717) is 40.0 Å². The van der Waals surface area contributed by atoms with Crippen molar-refractivity contribution in [2.45, 2.75) is 46.1 Å². The summed E-state index contributed by atoms with van der Waals surface area (Å²) in [6.45, 7) is 6.38. The third-order valence-corrected chi connectivity index (χ3v) is 6.83. The summed E-state index contributed by atoms with van der Waals surface area (Å²) in [6, 6.07) is 9.83. The molecular formula is C24H27N5O2. The largest absolute Gasteiger partial charge is 0.497 e. The number of fused-ring (bicyclic) bond motifs is 2. The second-order valence-corrected chi connectivity index (χ2v) is 8.69. The van der Waals surface area contributed by atoms with Gasteiger partial charge in [0.25, 0.3) is 11.3 Å². The highest BCUT2D eigenvalue weighted by Crippen LogP contribution is 2.37. The number of rotatable bonds is 3. The third kappa shape index (κ3) is 3.19. The van der Waals surface area contributed by atoms with Gasteiger partial charge in [-0.25, -0.2) is 4.98 Å². The predicted octanol–water partition coefficient (Wildman–Crippen LogP) is 4.42. The van der Waals surface area contributed by atoms with Crippen molar-refractivity contribution in [3.05, 3.63) is 52.7 Å². The van der Waals surface area contributed by atoms with Gasteiger partial charge in [0.05, 0.1) is 23.7 Å². The van der Waals surface area contributed by atoms with Gasteiger partial charge in [0.2, 0.25) is 0 Å². The summed E-state index contributed by atoms with van der Waals surface area (Å²) in [5.41, 5.74) is 2.16. The maximum Gasteiger partial charge on any atom is 0.262 e. The monoisotopic (exact) mass is 417 g/mol. The van der Waals surface area contributed by atoms with E-state index >= 15 is 0 Å². The highest BCUT2D eigenvalue weighted by atomic mass is 16.5. The fourth-order valence-corrected chi connectivity index (χ4v) is 4.94. The lowest BCUT2D eigenvalue weighted by Crippen LogP contribution is -2.33. The Bertz CT molecular complexity index is 1340. The zero-order valence-corrected chi connectivity index (χ0v) is 18.4. The zero-order valence-electron chi connectivity index (χ0n) is 18.4. The van der Waals surface area contributed by atoms with Gasteiger partial charge < -0.3 is 9.30 Å². The average Bonchev–Trinajstić information content (AvgIpc) is 3.14. The van der Waals surface area contributed by atoms with Gasteiger partial charge in [0, 0.05) is 17.8 Å². The number of aryl methyl sites for hydroxylation is 1. The van der Waals surface area contributed by atoms with E-state index in [2.05, 4.69) is 28.9 Å². The van der Waals surface area contributed by atoms with Gasteiger partial charge in [-0.1, -0.05) is 38.8 Å². The van der Waals surface area contributed by atoms with E-state index in [1.807, 2.05) is 48.0 Å². The molecule has 31 heavy (non-hydrogen) atoms. The number of methoxy groups -OCH3 is 1. The van der Waals surface area contributed by atoms with Crippen LogP contribution in [0.5, 0.6) is 5.75 Å². The topological polar surface area (TPSA) is 74.3 Å². The minimum absolute atomic E-state index is 0.0242. The first kappa shape index (κ1) is 19.7. The summed E-state index contributed by atoms with van der Waals surface area (Å²) in [7, 11) is 1.64. The number of nitrogens with zero attached hydrogens (tertiary/aromatic N) is 5. The number of pyridine rings is 1. The number of aromatic nitrogens is 5. The summed E-state index contributed by atoms with van der Waals surface area (Å²) < 4.78 is 9.04. The van der Waals surface area contributed by atoms with Crippen molar-refractivity contribution in [2.75, 3.05) is 7.11 Å². The summed E-state index contributed by atoms with van der Waals surface area (Å²) in [4.78, 5) is 23.0. The quantitative estimate of drug-likeness (QED) is 0.493. The van der Waals surface area contributed by atoms with E-state index in [-0.39, 0.29) is 11.6 Å². The highest BCUT2D eigenvalue weighted by Gasteiger charge is 2.30. The van der Waals surface area contributed by atoms with Crippen molar-refractivity contribution < 1.29 is 4.74 Å². The SMILES string of the molecule is COc1cccc(-c2c3c(=O)n([C@@H]4CCC[C@H](C)[C@H]4C)ccc3nc3nc(C)nn23)c1. The maximum atomic E-state index is 13.9. The van der Waals surface area contributed by atoms with Crippen LogP contribution in [0.25, 0.3) is 27.9 Å². The Morgan fingerprint density at radius 1 is 1.13 bits per heavy atom. The number of hydrogen-bond donors (Lipinski definition) is 0. The molecule has 1 aliphatic rings. The normalized spacial score (nSPS) is 21.6. The minimum atomic E-state index is -0.0242. The van der Waals surface area contributed by atoms with Crippen molar-refractivity contribution in [1.29, 1.82) is 0 Å². The maximum absolute atomic E-state index is 13.9. The molecule has 5 rings (SSSR count). The summed E-state index contributed by atoms with van der Waals surface area (Å²) in [5.74, 6) is 2.85. The van der Waals surface area contributed by atoms with Crippen molar-refractivity contribution >= 4 is 16.7 Å². The molecular weight excluding hydrogens is 390 g/mol. The molecule has 1 aromatic carbocycles. The Morgan fingerprint density at radius 3 is 2.77 bits per heavy atom. The number of hydrogen-bond acceptors (Lipinski definition) is 5. The Balaban J connectivity index is 1.84. The first-order chi connectivity index (χ1) is 15.0. The van der Waals surface area contributed by atoms with Gasteiger partial charge in [-0.05, 0) is 43.4 Å². The van der Waals surface area contributed by atoms with E-state index in [1.54, 1.807) is 11.6 Å². The van der Waals surface area contributed by atoms with Crippen molar-refractivity contribution in [1.82, 2.24) is 24.1 Å². The Hall–Kier alpha value is -3.22. The van der Waals surface area contributed by atoms with E-state index < -0.39 is 0 Å². The molecule has 3 heterocycles. The molecule has 0 spiro atoms. The number of benzene rings is 1. The lowest BCUT2D eigenvalue weighted by atomic mass is 9.78. The van der Waals surface area contributed by atoms with Crippen LogP contribution in [0.3, 0.4) is 0 Å². The molecule has 3 atom stereocenters. The molecule has 0 amide bonds.